The van der Waals surface area contributed by atoms with E-state index in [0.717, 1.165) is 25.7 Å². The first-order chi connectivity index (χ1) is 15.8. The molecular formula is C21H30N6O6. The summed E-state index contributed by atoms with van der Waals surface area (Å²) < 4.78 is 12.0. The SMILES string of the molecule is CCNC(=O)[C@H]1O[C@@H](n2cnc3c(N)nc(CC4CCC(C(=O)OC)CC4)nc32)C(O)C1O. The summed E-state index contributed by atoms with van der Waals surface area (Å²) in [6, 6.07) is 0. The Balaban J connectivity index is 1.53. The van der Waals surface area contributed by atoms with Gasteiger partial charge in [0.1, 0.15) is 23.5 Å². The van der Waals surface area contributed by atoms with Crippen molar-refractivity contribution in [2.45, 2.75) is 63.6 Å². The fraction of sp³-hybridized carbons (Fsp3) is 0.667. The molecule has 12 nitrogen and oxygen atoms in total. The number of nitrogens with two attached hydrogens (primary N) is 1. The van der Waals surface area contributed by atoms with E-state index in [4.69, 9.17) is 15.2 Å². The summed E-state index contributed by atoms with van der Waals surface area (Å²) in [7, 11) is 1.41. The quantitative estimate of drug-likeness (QED) is 0.417. The summed E-state index contributed by atoms with van der Waals surface area (Å²) in [5.74, 6) is 0.292. The Kier molecular flexibility index (Phi) is 6.77. The van der Waals surface area contributed by atoms with E-state index in [2.05, 4.69) is 20.3 Å². The number of hydrogen-bond donors (Lipinski definition) is 4. The molecule has 180 valence electrons. The first kappa shape index (κ1) is 23.3. The topological polar surface area (TPSA) is 175 Å². The fourth-order valence-electron chi connectivity index (χ4n) is 4.67. The highest BCUT2D eigenvalue weighted by molar-refractivity contribution is 5.83. The van der Waals surface area contributed by atoms with Gasteiger partial charge in [0.25, 0.3) is 5.91 Å². The van der Waals surface area contributed by atoms with Gasteiger partial charge in [0.05, 0.1) is 19.4 Å². The van der Waals surface area contributed by atoms with Gasteiger partial charge in [-0.1, -0.05) is 0 Å². The zero-order valence-electron chi connectivity index (χ0n) is 18.7. The molecule has 5 N–H and O–H groups in total. The third-order valence-electron chi connectivity index (χ3n) is 6.47. The van der Waals surface area contributed by atoms with E-state index in [1.54, 1.807) is 6.92 Å². The number of nitrogens with zero attached hydrogens (tertiary/aromatic N) is 4. The Hall–Kier alpha value is -2.83. The summed E-state index contributed by atoms with van der Waals surface area (Å²) in [6.45, 7) is 2.12. The van der Waals surface area contributed by atoms with Crippen molar-refractivity contribution in [3.8, 4) is 0 Å². The molecule has 12 heteroatoms. The number of carbonyl (C=O) groups excluding carboxylic acids is 2. The van der Waals surface area contributed by atoms with Crippen LogP contribution in [0, 0.1) is 11.8 Å². The van der Waals surface area contributed by atoms with Crippen molar-refractivity contribution in [3.05, 3.63) is 12.2 Å². The number of hydrogen-bond acceptors (Lipinski definition) is 10. The summed E-state index contributed by atoms with van der Waals surface area (Å²) >= 11 is 0. The first-order valence-electron chi connectivity index (χ1n) is 11.2. The number of nitrogen functional groups attached to an aromatic ring is 1. The minimum absolute atomic E-state index is 0.0635. The molecule has 1 saturated carbocycles. The second-order valence-corrected chi connectivity index (χ2v) is 8.62. The number of fused-ring (bicyclic) bond motifs is 1. The number of carbonyl (C=O) groups is 2. The number of esters is 1. The molecule has 1 saturated heterocycles. The Morgan fingerprint density at radius 1 is 1.24 bits per heavy atom. The van der Waals surface area contributed by atoms with E-state index in [-0.39, 0.29) is 17.7 Å². The normalized spacial score (nSPS) is 29.8. The van der Waals surface area contributed by atoms with Gasteiger partial charge in [-0.05, 0) is 38.5 Å². The van der Waals surface area contributed by atoms with Gasteiger partial charge in [-0.3, -0.25) is 14.2 Å². The lowest BCUT2D eigenvalue weighted by molar-refractivity contribution is -0.146. The van der Waals surface area contributed by atoms with Crippen LogP contribution in [-0.4, -0.2) is 73.6 Å². The Morgan fingerprint density at radius 2 is 1.97 bits per heavy atom. The lowest BCUT2D eigenvalue weighted by atomic mass is 9.80. The number of amides is 1. The largest absolute Gasteiger partial charge is 0.469 e. The third kappa shape index (κ3) is 4.50. The molecule has 2 unspecified atom stereocenters. The maximum absolute atomic E-state index is 12.2. The molecule has 2 aromatic rings. The lowest BCUT2D eigenvalue weighted by Crippen LogP contribution is -2.42. The maximum Gasteiger partial charge on any atom is 0.308 e. The van der Waals surface area contributed by atoms with Gasteiger partial charge in [0, 0.05) is 13.0 Å². The van der Waals surface area contributed by atoms with Gasteiger partial charge in [-0.2, -0.15) is 0 Å². The minimum atomic E-state index is -1.40. The smallest absolute Gasteiger partial charge is 0.308 e. The van der Waals surface area contributed by atoms with Crippen molar-refractivity contribution < 1.29 is 29.3 Å². The predicted molar refractivity (Wildman–Crippen MR) is 116 cm³/mol. The van der Waals surface area contributed by atoms with Crippen molar-refractivity contribution in [1.29, 1.82) is 0 Å². The third-order valence-corrected chi connectivity index (χ3v) is 6.47. The minimum Gasteiger partial charge on any atom is -0.469 e. The number of nitrogens with one attached hydrogen (secondary N) is 1. The number of rotatable bonds is 6. The highest BCUT2D eigenvalue weighted by Crippen LogP contribution is 2.34. The highest BCUT2D eigenvalue weighted by Gasteiger charge is 2.47. The van der Waals surface area contributed by atoms with Gasteiger partial charge >= 0.3 is 5.97 Å². The fourth-order valence-corrected chi connectivity index (χ4v) is 4.67. The van der Waals surface area contributed by atoms with Crippen LogP contribution in [-0.2, 0) is 25.5 Å². The summed E-state index contributed by atoms with van der Waals surface area (Å²) in [5.41, 5.74) is 6.83. The Morgan fingerprint density at radius 3 is 2.64 bits per heavy atom. The molecule has 0 bridgehead atoms. The van der Waals surface area contributed by atoms with Gasteiger partial charge in [0.15, 0.2) is 23.8 Å². The number of anilines is 1. The number of imidazole rings is 1. The zero-order chi connectivity index (χ0) is 23.7. The molecule has 0 radical (unpaired) electrons. The molecule has 4 rings (SSSR count). The van der Waals surface area contributed by atoms with Crippen molar-refractivity contribution in [2.24, 2.45) is 11.8 Å². The summed E-state index contributed by atoms with van der Waals surface area (Å²) in [6.07, 6.45) is 0.171. The van der Waals surface area contributed by atoms with E-state index in [1.165, 1.54) is 18.0 Å². The number of aromatic nitrogens is 4. The van der Waals surface area contributed by atoms with E-state index >= 15 is 0 Å². The Labute approximate surface area is 190 Å². The van der Waals surface area contributed by atoms with Crippen LogP contribution in [0.2, 0.25) is 0 Å². The molecule has 3 heterocycles. The highest BCUT2D eigenvalue weighted by atomic mass is 16.6. The molecule has 0 spiro atoms. The molecule has 33 heavy (non-hydrogen) atoms. The number of aliphatic hydroxyl groups excluding tert-OH is 2. The molecule has 2 fully saturated rings. The Bertz CT molecular complexity index is 1020. The monoisotopic (exact) mass is 462 g/mol. The van der Waals surface area contributed by atoms with Crippen LogP contribution >= 0.6 is 0 Å². The number of ether oxygens (including phenoxy) is 2. The summed E-state index contributed by atoms with van der Waals surface area (Å²) in [4.78, 5) is 37.2. The van der Waals surface area contributed by atoms with Crippen molar-refractivity contribution >= 4 is 28.9 Å². The van der Waals surface area contributed by atoms with Crippen LogP contribution in [0.15, 0.2) is 6.33 Å². The van der Waals surface area contributed by atoms with E-state index < -0.39 is 30.4 Å². The van der Waals surface area contributed by atoms with Crippen molar-refractivity contribution in [2.75, 3.05) is 19.4 Å². The van der Waals surface area contributed by atoms with Gasteiger partial charge in [-0.25, -0.2) is 15.0 Å². The average Bonchev–Trinajstić information content (AvgIpc) is 3.35. The second-order valence-electron chi connectivity index (χ2n) is 8.62. The molecule has 1 aliphatic heterocycles. The number of methoxy groups -OCH3 is 1. The molecule has 2 aromatic heterocycles. The zero-order valence-corrected chi connectivity index (χ0v) is 18.7. The molecule has 1 amide bonds. The van der Waals surface area contributed by atoms with E-state index in [9.17, 15) is 19.8 Å². The molecule has 2 aliphatic rings. The van der Waals surface area contributed by atoms with Crippen LogP contribution in [0.1, 0.15) is 44.7 Å². The van der Waals surface area contributed by atoms with Crippen LogP contribution in [0.3, 0.4) is 0 Å². The molecule has 1 aliphatic carbocycles. The summed E-state index contributed by atoms with van der Waals surface area (Å²) in [5, 5.41) is 23.5. The van der Waals surface area contributed by atoms with E-state index in [1.807, 2.05) is 0 Å². The number of aliphatic hydroxyl groups is 2. The van der Waals surface area contributed by atoms with Crippen LogP contribution in [0.25, 0.3) is 11.2 Å². The van der Waals surface area contributed by atoms with Crippen LogP contribution in [0.5, 0.6) is 0 Å². The van der Waals surface area contributed by atoms with Gasteiger partial charge in [-0.15, -0.1) is 0 Å². The molecule has 4 atom stereocenters. The average molecular weight is 463 g/mol. The van der Waals surface area contributed by atoms with Gasteiger partial charge < -0.3 is 30.7 Å². The van der Waals surface area contributed by atoms with E-state index in [0.29, 0.717) is 35.9 Å². The second kappa shape index (κ2) is 9.57. The van der Waals surface area contributed by atoms with Crippen LogP contribution < -0.4 is 11.1 Å². The molecular weight excluding hydrogens is 432 g/mol. The van der Waals surface area contributed by atoms with Crippen LogP contribution in [0.4, 0.5) is 5.82 Å². The maximum atomic E-state index is 12.2. The van der Waals surface area contributed by atoms with Gasteiger partial charge in [0.2, 0.25) is 0 Å². The molecule has 0 aromatic carbocycles. The first-order valence-corrected chi connectivity index (χ1v) is 11.2. The van der Waals surface area contributed by atoms with Crippen molar-refractivity contribution in [3.63, 3.8) is 0 Å². The van der Waals surface area contributed by atoms with Crippen molar-refractivity contribution in [1.82, 2.24) is 24.8 Å². The lowest BCUT2D eigenvalue weighted by Gasteiger charge is -2.26. The standard InChI is InChI=1S/C21H30N6O6/c1-3-23-19(30)16-14(28)15(29)20(33-16)27-9-24-13-17(22)25-12(26-18(13)27)8-10-4-6-11(7-5-10)21(31)32-2/h9-11,14-16,20,28-29H,3-8H2,1-2H3,(H,23,30)(H2,22,25,26)/t10?,11?,14?,15?,16-,20+/m0/s1. The number of likely N-dealkylation sites (N-methyl/N-ethyl adjacent to an activating group) is 1. The predicted octanol–water partition coefficient (Wildman–Crippen LogP) is -0.314.